The lowest BCUT2D eigenvalue weighted by molar-refractivity contribution is 0.0636. The molecule has 0 radical (unpaired) electrons. The molecular formula is C16H25ClN2O3. The fourth-order valence-electron chi connectivity index (χ4n) is 1.84. The van der Waals surface area contributed by atoms with Crippen molar-refractivity contribution < 1.29 is 14.6 Å². The number of carbonyl (C=O) groups is 1. The first-order valence-corrected chi connectivity index (χ1v) is 7.72. The predicted octanol–water partition coefficient (Wildman–Crippen LogP) is 3.55. The van der Waals surface area contributed by atoms with Gasteiger partial charge in [0.25, 0.3) is 0 Å². The SMILES string of the molecule is CC(CCO)NCc1c(Cl)cccc1NC(=O)OC(C)(C)C. The maximum absolute atomic E-state index is 11.9. The zero-order valence-electron chi connectivity index (χ0n) is 13.6. The number of hydrogen-bond acceptors (Lipinski definition) is 4. The number of halogens is 1. The van der Waals surface area contributed by atoms with E-state index < -0.39 is 11.7 Å². The minimum Gasteiger partial charge on any atom is -0.444 e. The van der Waals surface area contributed by atoms with E-state index in [1.807, 2.05) is 27.7 Å². The fourth-order valence-corrected chi connectivity index (χ4v) is 2.08. The molecule has 0 saturated heterocycles. The molecular weight excluding hydrogens is 304 g/mol. The minimum absolute atomic E-state index is 0.125. The van der Waals surface area contributed by atoms with E-state index in [-0.39, 0.29) is 12.6 Å². The molecule has 0 spiro atoms. The van der Waals surface area contributed by atoms with Crippen LogP contribution in [0, 0.1) is 0 Å². The molecule has 0 bridgehead atoms. The molecule has 0 aliphatic rings. The second kappa shape index (κ2) is 8.36. The Balaban J connectivity index is 2.78. The van der Waals surface area contributed by atoms with Gasteiger partial charge in [0.15, 0.2) is 0 Å². The summed E-state index contributed by atoms with van der Waals surface area (Å²) in [5.74, 6) is 0. The fraction of sp³-hybridized carbons (Fsp3) is 0.562. The topological polar surface area (TPSA) is 70.6 Å². The number of amides is 1. The van der Waals surface area contributed by atoms with Crippen molar-refractivity contribution in [1.82, 2.24) is 5.32 Å². The summed E-state index contributed by atoms with van der Waals surface area (Å²) in [7, 11) is 0. The van der Waals surface area contributed by atoms with E-state index in [2.05, 4.69) is 10.6 Å². The number of carbonyl (C=O) groups excluding carboxylic acids is 1. The summed E-state index contributed by atoms with van der Waals surface area (Å²) < 4.78 is 5.25. The maximum Gasteiger partial charge on any atom is 0.412 e. The van der Waals surface area contributed by atoms with Gasteiger partial charge < -0.3 is 15.2 Å². The third kappa shape index (κ3) is 6.64. The van der Waals surface area contributed by atoms with Crippen LogP contribution in [0.1, 0.15) is 39.7 Å². The van der Waals surface area contributed by atoms with Crippen molar-refractivity contribution in [2.24, 2.45) is 0 Å². The lowest BCUT2D eigenvalue weighted by atomic mass is 10.1. The van der Waals surface area contributed by atoms with Crippen LogP contribution in [-0.2, 0) is 11.3 Å². The number of aliphatic hydroxyl groups excluding tert-OH is 1. The highest BCUT2D eigenvalue weighted by atomic mass is 35.5. The van der Waals surface area contributed by atoms with Crippen LogP contribution >= 0.6 is 11.6 Å². The Morgan fingerprint density at radius 2 is 2.09 bits per heavy atom. The standard InChI is InChI=1S/C16H25ClN2O3/c1-11(8-9-20)18-10-12-13(17)6-5-7-14(12)19-15(21)22-16(2,3)4/h5-7,11,18,20H,8-10H2,1-4H3,(H,19,21). The molecule has 6 heteroatoms. The Kier molecular flexibility index (Phi) is 7.13. The second-order valence-electron chi connectivity index (χ2n) is 6.19. The van der Waals surface area contributed by atoms with Gasteiger partial charge >= 0.3 is 6.09 Å². The van der Waals surface area contributed by atoms with Crippen molar-refractivity contribution in [3.63, 3.8) is 0 Å². The van der Waals surface area contributed by atoms with Gasteiger partial charge in [-0.15, -0.1) is 0 Å². The summed E-state index contributed by atoms with van der Waals surface area (Å²) in [6, 6.07) is 5.48. The first-order valence-electron chi connectivity index (χ1n) is 7.34. The summed E-state index contributed by atoms with van der Waals surface area (Å²) in [5, 5.41) is 15.5. The Bertz CT molecular complexity index is 501. The van der Waals surface area contributed by atoms with Gasteiger partial charge in [0.1, 0.15) is 5.60 Å². The minimum atomic E-state index is -0.559. The molecule has 1 atom stereocenters. The van der Waals surface area contributed by atoms with Gasteiger partial charge in [-0.2, -0.15) is 0 Å². The van der Waals surface area contributed by atoms with Crippen LogP contribution in [0.15, 0.2) is 18.2 Å². The van der Waals surface area contributed by atoms with Crippen LogP contribution in [0.4, 0.5) is 10.5 Å². The maximum atomic E-state index is 11.9. The van der Waals surface area contributed by atoms with Gasteiger partial charge in [0.2, 0.25) is 0 Å². The molecule has 0 heterocycles. The predicted molar refractivity (Wildman–Crippen MR) is 89.3 cm³/mol. The summed E-state index contributed by atoms with van der Waals surface area (Å²) in [6.45, 7) is 8.02. The van der Waals surface area contributed by atoms with Crippen LogP contribution in [0.25, 0.3) is 0 Å². The molecule has 0 aliphatic carbocycles. The van der Waals surface area contributed by atoms with E-state index in [0.29, 0.717) is 23.7 Å². The van der Waals surface area contributed by atoms with Gasteiger partial charge in [0.05, 0.1) is 0 Å². The van der Waals surface area contributed by atoms with E-state index in [0.717, 1.165) is 5.56 Å². The molecule has 22 heavy (non-hydrogen) atoms. The van der Waals surface area contributed by atoms with Gasteiger partial charge in [-0.3, -0.25) is 5.32 Å². The lowest BCUT2D eigenvalue weighted by Crippen LogP contribution is -2.29. The highest BCUT2D eigenvalue weighted by Gasteiger charge is 2.18. The quantitative estimate of drug-likeness (QED) is 0.747. The molecule has 5 nitrogen and oxygen atoms in total. The van der Waals surface area contributed by atoms with E-state index in [1.54, 1.807) is 18.2 Å². The van der Waals surface area contributed by atoms with Gasteiger partial charge in [-0.1, -0.05) is 17.7 Å². The molecule has 1 rings (SSSR count). The number of anilines is 1. The summed E-state index contributed by atoms with van der Waals surface area (Å²) in [5.41, 5.74) is 0.849. The molecule has 1 aromatic carbocycles. The third-order valence-electron chi connectivity index (χ3n) is 2.94. The average molecular weight is 329 g/mol. The molecule has 0 aliphatic heterocycles. The number of benzene rings is 1. The first kappa shape index (κ1) is 18.7. The van der Waals surface area contributed by atoms with Crippen LogP contribution in [0.2, 0.25) is 5.02 Å². The molecule has 3 N–H and O–H groups in total. The molecule has 1 aromatic rings. The van der Waals surface area contributed by atoms with Gasteiger partial charge in [-0.25, -0.2) is 4.79 Å². The zero-order chi connectivity index (χ0) is 16.8. The van der Waals surface area contributed by atoms with Crippen molar-refractivity contribution in [3.8, 4) is 0 Å². The van der Waals surface area contributed by atoms with Crippen molar-refractivity contribution in [2.75, 3.05) is 11.9 Å². The highest BCUT2D eigenvalue weighted by molar-refractivity contribution is 6.31. The highest BCUT2D eigenvalue weighted by Crippen LogP contribution is 2.25. The summed E-state index contributed by atoms with van der Waals surface area (Å²) in [6.07, 6.45) is 0.138. The van der Waals surface area contributed by atoms with Crippen LogP contribution in [-0.4, -0.2) is 29.4 Å². The molecule has 0 fully saturated rings. The summed E-state index contributed by atoms with van der Waals surface area (Å²) in [4.78, 5) is 11.9. The van der Waals surface area contributed by atoms with Gasteiger partial charge in [-0.05, 0) is 46.2 Å². The van der Waals surface area contributed by atoms with E-state index in [9.17, 15) is 4.79 Å². The lowest BCUT2D eigenvalue weighted by Gasteiger charge is -2.21. The normalized spacial score (nSPS) is 12.8. The monoisotopic (exact) mass is 328 g/mol. The van der Waals surface area contributed by atoms with Crippen molar-refractivity contribution in [2.45, 2.75) is 52.3 Å². The number of rotatable bonds is 6. The Hall–Kier alpha value is -1.30. The zero-order valence-corrected chi connectivity index (χ0v) is 14.3. The van der Waals surface area contributed by atoms with Crippen molar-refractivity contribution in [3.05, 3.63) is 28.8 Å². The smallest absolute Gasteiger partial charge is 0.412 e. The Labute approximate surface area is 137 Å². The second-order valence-corrected chi connectivity index (χ2v) is 6.59. The number of hydrogen-bond donors (Lipinski definition) is 3. The summed E-state index contributed by atoms with van der Waals surface area (Å²) >= 11 is 6.22. The van der Waals surface area contributed by atoms with E-state index in [4.69, 9.17) is 21.4 Å². The van der Waals surface area contributed by atoms with Crippen molar-refractivity contribution >= 4 is 23.4 Å². The number of nitrogens with one attached hydrogen (secondary N) is 2. The third-order valence-corrected chi connectivity index (χ3v) is 3.30. The van der Waals surface area contributed by atoms with Crippen LogP contribution in [0.5, 0.6) is 0 Å². The molecule has 124 valence electrons. The number of ether oxygens (including phenoxy) is 1. The Morgan fingerprint density at radius 1 is 1.41 bits per heavy atom. The Morgan fingerprint density at radius 3 is 2.68 bits per heavy atom. The molecule has 0 saturated carbocycles. The van der Waals surface area contributed by atoms with Crippen LogP contribution in [0.3, 0.4) is 0 Å². The van der Waals surface area contributed by atoms with E-state index in [1.165, 1.54) is 0 Å². The van der Waals surface area contributed by atoms with Crippen LogP contribution < -0.4 is 10.6 Å². The average Bonchev–Trinajstić information content (AvgIpc) is 2.36. The molecule has 0 aromatic heterocycles. The van der Waals surface area contributed by atoms with Gasteiger partial charge in [0, 0.05) is 35.5 Å². The largest absolute Gasteiger partial charge is 0.444 e. The first-order chi connectivity index (χ1) is 10.2. The molecule has 1 amide bonds. The van der Waals surface area contributed by atoms with Crippen molar-refractivity contribution in [1.29, 1.82) is 0 Å². The van der Waals surface area contributed by atoms with E-state index >= 15 is 0 Å². The number of aliphatic hydroxyl groups is 1. The molecule has 1 unspecified atom stereocenters.